The third kappa shape index (κ3) is 5.92. The van der Waals surface area contributed by atoms with Crippen LogP contribution in [0.15, 0.2) is 71.2 Å². The molecule has 0 aromatic heterocycles. The van der Waals surface area contributed by atoms with Gasteiger partial charge >= 0.3 is 0 Å². The summed E-state index contributed by atoms with van der Waals surface area (Å²) in [5, 5.41) is 3.29. The van der Waals surface area contributed by atoms with Crippen LogP contribution in [0.25, 0.3) is 5.57 Å². The fourth-order valence-corrected chi connectivity index (χ4v) is 4.64. The molecule has 6 heteroatoms. The quantitative estimate of drug-likeness (QED) is 0.275. The molecule has 0 saturated carbocycles. The highest BCUT2D eigenvalue weighted by atomic mass is 32.2. The Hall–Kier alpha value is -2.18. The van der Waals surface area contributed by atoms with Gasteiger partial charge in [-0.05, 0) is 54.7 Å². The van der Waals surface area contributed by atoms with Crippen molar-refractivity contribution in [1.82, 2.24) is 0 Å². The van der Waals surface area contributed by atoms with Crippen LogP contribution in [0.2, 0.25) is 18.1 Å². The second-order valence-corrected chi connectivity index (χ2v) is 16.0. The van der Waals surface area contributed by atoms with Gasteiger partial charge in [0.05, 0.1) is 11.1 Å². The van der Waals surface area contributed by atoms with Crippen molar-refractivity contribution in [2.24, 2.45) is 5.16 Å². The van der Waals surface area contributed by atoms with E-state index in [2.05, 4.69) is 45.6 Å². The first kappa shape index (κ1) is 24.1. The number of sulfone groups is 1. The van der Waals surface area contributed by atoms with E-state index in [0.29, 0.717) is 0 Å². The lowest BCUT2D eigenvalue weighted by molar-refractivity contribution is 0.309. The average Bonchev–Trinajstić information content (AvgIpc) is 2.67. The lowest BCUT2D eigenvalue weighted by Gasteiger charge is -2.33. The Morgan fingerprint density at radius 1 is 1.10 bits per heavy atom. The van der Waals surface area contributed by atoms with Gasteiger partial charge in [-0.25, -0.2) is 8.42 Å². The minimum Gasteiger partial charge on any atom is -0.455 e. The molecule has 0 saturated heterocycles. The van der Waals surface area contributed by atoms with Crippen molar-refractivity contribution >= 4 is 29.9 Å². The summed E-state index contributed by atoms with van der Waals surface area (Å²) in [5.74, 6) is 0. The summed E-state index contributed by atoms with van der Waals surface area (Å²) in [6.45, 7) is 16.6. The molecule has 0 amide bonds. The second kappa shape index (κ2) is 9.31. The van der Waals surface area contributed by atoms with Crippen molar-refractivity contribution < 1.29 is 12.9 Å². The summed E-state index contributed by atoms with van der Waals surface area (Å²) in [6, 6.07) is 16.5. The van der Waals surface area contributed by atoms with E-state index in [1.807, 2.05) is 37.3 Å². The Balaban J connectivity index is 2.35. The van der Waals surface area contributed by atoms with Crippen LogP contribution in [0.1, 0.15) is 38.3 Å². The fourth-order valence-electron chi connectivity index (χ4n) is 2.55. The smallest absolute Gasteiger partial charge is 0.286 e. The molecular weight excluding hydrogens is 410 g/mol. The van der Waals surface area contributed by atoms with Crippen molar-refractivity contribution in [1.29, 1.82) is 0 Å². The van der Waals surface area contributed by atoms with Gasteiger partial charge in [0, 0.05) is 0 Å². The van der Waals surface area contributed by atoms with E-state index in [1.165, 1.54) is 6.21 Å². The van der Waals surface area contributed by atoms with E-state index in [0.717, 1.165) is 16.7 Å². The molecule has 0 N–H and O–H groups in total. The van der Waals surface area contributed by atoms with Gasteiger partial charge in [0.15, 0.2) is 9.84 Å². The van der Waals surface area contributed by atoms with Crippen molar-refractivity contribution in [3.05, 3.63) is 72.3 Å². The predicted molar refractivity (Wildman–Crippen MR) is 129 cm³/mol. The average molecular weight is 444 g/mol. The Kier molecular flexibility index (Phi) is 7.48. The SMILES string of the molecule is C=C(CC(/C=N/O[Si](C)(C)C(C)(C)C)S(=O)(=O)c1ccc(C)cc1)c1ccccc1. The molecule has 162 valence electrons. The number of oxime groups is 1. The van der Waals surface area contributed by atoms with Gasteiger partial charge in [0.1, 0.15) is 5.25 Å². The Morgan fingerprint density at radius 2 is 1.67 bits per heavy atom. The molecule has 0 aliphatic carbocycles. The molecule has 2 aromatic carbocycles. The third-order valence-corrected chi connectivity index (χ3v) is 11.9. The number of allylic oxidation sites excluding steroid dienone is 1. The standard InChI is InChI=1S/C24H33NO3SSi/c1-19-13-15-22(16-14-19)29(26,27)23(17-20(2)21-11-9-8-10-12-21)18-25-28-30(6,7)24(3,4)5/h8-16,18,23H,2,17H2,1,3-7H3/b25-18+. The Labute approximate surface area is 182 Å². The van der Waals surface area contributed by atoms with Crippen LogP contribution in [0.5, 0.6) is 0 Å². The number of nitrogens with zero attached hydrogens (tertiary/aromatic N) is 1. The van der Waals surface area contributed by atoms with E-state index in [1.54, 1.807) is 24.3 Å². The third-order valence-electron chi connectivity index (χ3n) is 5.69. The fraction of sp³-hybridized carbons (Fsp3) is 0.375. The lowest BCUT2D eigenvalue weighted by atomic mass is 10.0. The lowest BCUT2D eigenvalue weighted by Crippen LogP contribution is -2.39. The Bertz CT molecular complexity index is 989. The summed E-state index contributed by atoms with van der Waals surface area (Å²) >= 11 is 0. The zero-order valence-electron chi connectivity index (χ0n) is 18.8. The van der Waals surface area contributed by atoms with E-state index in [-0.39, 0.29) is 16.4 Å². The summed E-state index contributed by atoms with van der Waals surface area (Å²) in [4.78, 5) is 0.276. The van der Waals surface area contributed by atoms with Crippen molar-refractivity contribution in [3.8, 4) is 0 Å². The molecule has 0 bridgehead atoms. The molecule has 2 rings (SSSR count). The first-order valence-corrected chi connectivity index (χ1v) is 14.6. The molecule has 1 atom stereocenters. The summed E-state index contributed by atoms with van der Waals surface area (Å²) in [7, 11) is -5.79. The normalized spacial score (nSPS) is 13.9. The van der Waals surface area contributed by atoms with Crippen LogP contribution in [0.4, 0.5) is 0 Å². The number of benzene rings is 2. The zero-order chi connectivity index (χ0) is 22.6. The molecule has 0 fully saturated rings. The molecule has 30 heavy (non-hydrogen) atoms. The maximum atomic E-state index is 13.4. The van der Waals surface area contributed by atoms with E-state index >= 15 is 0 Å². The molecular formula is C24H33NO3SSi. The molecule has 0 aliphatic rings. The number of hydrogen-bond acceptors (Lipinski definition) is 4. The van der Waals surface area contributed by atoms with Gasteiger partial charge in [-0.15, -0.1) is 5.16 Å². The molecule has 0 heterocycles. The van der Waals surface area contributed by atoms with Crippen LogP contribution in [0, 0.1) is 6.92 Å². The maximum Gasteiger partial charge on any atom is 0.286 e. The highest BCUT2D eigenvalue weighted by Gasteiger charge is 2.40. The van der Waals surface area contributed by atoms with E-state index < -0.39 is 23.4 Å². The first-order valence-electron chi connectivity index (χ1n) is 10.1. The number of rotatable bonds is 8. The van der Waals surface area contributed by atoms with E-state index in [4.69, 9.17) is 4.53 Å². The number of aryl methyl sites for hydroxylation is 1. The van der Waals surface area contributed by atoms with Crippen LogP contribution in [-0.2, 0) is 14.4 Å². The van der Waals surface area contributed by atoms with Crippen LogP contribution in [0.3, 0.4) is 0 Å². The summed E-state index contributed by atoms with van der Waals surface area (Å²) in [5.41, 5.74) is 2.67. The van der Waals surface area contributed by atoms with Crippen molar-refractivity contribution in [3.63, 3.8) is 0 Å². The molecule has 0 aliphatic heterocycles. The highest BCUT2D eigenvalue weighted by Crippen LogP contribution is 2.36. The zero-order valence-corrected chi connectivity index (χ0v) is 20.7. The van der Waals surface area contributed by atoms with Gasteiger partial charge in [0.2, 0.25) is 0 Å². The minimum atomic E-state index is -3.65. The van der Waals surface area contributed by atoms with Crippen LogP contribution >= 0.6 is 0 Å². The summed E-state index contributed by atoms with van der Waals surface area (Å²) in [6.07, 6.45) is 1.67. The first-order chi connectivity index (χ1) is 13.8. The highest BCUT2D eigenvalue weighted by molar-refractivity contribution is 7.92. The molecule has 0 spiro atoms. The predicted octanol–water partition coefficient (Wildman–Crippen LogP) is 6.25. The molecule has 4 nitrogen and oxygen atoms in total. The van der Waals surface area contributed by atoms with Crippen LogP contribution in [-0.4, -0.2) is 28.2 Å². The molecule has 1 unspecified atom stereocenters. The number of hydrogen-bond donors (Lipinski definition) is 0. The van der Waals surface area contributed by atoms with Crippen molar-refractivity contribution in [2.45, 2.75) is 62.4 Å². The Morgan fingerprint density at radius 3 is 2.20 bits per heavy atom. The largest absolute Gasteiger partial charge is 0.455 e. The van der Waals surface area contributed by atoms with Gasteiger partial charge in [-0.2, -0.15) is 0 Å². The van der Waals surface area contributed by atoms with E-state index in [9.17, 15) is 8.42 Å². The van der Waals surface area contributed by atoms with Crippen LogP contribution < -0.4 is 0 Å². The minimum absolute atomic E-state index is 0.0245. The van der Waals surface area contributed by atoms with Gasteiger partial charge < -0.3 is 4.53 Å². The second-order valence-electron chi connectivity index (χ2n) is 9.18. The van der Waals surface area contributed by atoms with Gasteiger partial charge in [-0.3, -0.25) is 0 Å². The van der Waals surface area contributed by atoms with Crippen molar-refractivity contribution in [2.75, 3.05) is 0 Å². The van der Waals surface area contributed by atoms with Gasteiger partial charge in [0.25, 0.3) is 8.32 Å². The van der Waals surface area contributed by atoms with Gasteiger partial charge in [-0.1, -0.05) is 75.4 Å². The summed E-state index contributed by atoms with van der Waals surface area (Å²) < 4.78 is 32.6. The molecule has 0 radical (unpaired) electrons. The molecule has 2 aromatic rings. The topological polar surface area (TPSA) is 55.7 Å². The maximum absolute atomic E-state index is 13.4. The monoisotopic (exact) mass is 443 g/mol.